The molecule has 9 rings (SSSR count). The summed E-state index contributed by atoms with van der Waals surface area (Å²) >= 11 is 0. The Morgan fingerprint density at radius 3 is 2.13 bits per heavy atom. The summed E-state index contributed by atoms with van der Waals surface area (Å²) in [5.74, 6) is -0.136. The molecule has 0 bridgehead atoms. The zero-order valence-corrected chi connectivity index (χ0v) is 28.7. The summed E-state index contributed by atoms with van der Waals surface area (Å²) in [6.45, 7) is -1.32. The van der Waals surface area contributed by atoms with Gasteiger partial charge in [0.05, 0.1) is 24.3 Å². The van der Waals surface area contributed by atoms with Crippen LogP contribution in [0.2, 0.25) is 0 Å². The number of hydrogen-bond acceptors (Lipinski definition) is 14. The van der Waals surface area contributed by atoms with E-state index in [1.807, 2.05) is 0 Å². The van der Waals surface area contributed by atoms with Crippen LogP contribution in [0, 0.1) is 0 Å². The minimum absolute atomic E-state index is 0.156. The van der Waals surface area contributed by atoms with E-state index in [1.165, 1.54) is 17.1 Å². The molecular weight excluding hydrogens is 725 g/mol. The monoisotopic (exact) mass is 753 g/mol. The number of carbonyl (C=O) groups excluding carboxylic acids is 2. The van der Waals surface area contributed by atoms with E-state index < -0.39 is 77.3 Å². The third kappa shape index (κ3) is 5.83. The van der Waals surface area contributed by atoms with Crippen LogP contribution in [-0.4, -0.2) is 106 Å². The molecular formula is C29H28B2FN7O11P2. The average Bonchev–Trinajstić information content (AvgIpc) is 3.76. The van der Waals surface area contributed by atoms with Crippen molar-refractivity contribution >= 4 is 75.5 Å². The zero-order valence-electron chi connectivity index (χ0n) is 26.9. The number of fused-ring (bicyclic) bond motifs is 2. The van der Waals surface area contributed by atoms with Crippen LogP contribution in [0.25, 0.3) is 22.1 Å². The lowest BCUT2D eigenvalue weighted by molar-refractivity contribution is -0.116. The predicted octanol–water partition coefficient (Wildman–Crippen LogP) is 2.11. The van der Waals surface area contributed by atoms with E-state index in [9.17, 15) is 23.8 Å². The Hall–Kier alpha value is -3.51. The highest BCUT2D eigenvalue weighted by Crippen LogP contribution is 2.54. The van der Waals surface area contributed by atoms with Gasteiger partial charge in [0.25, 0.3) is 14.9 Å². The normalized spacial score (nSPS) is 36.6. The fourth-order valence-electron chi connectivity index (χ4n) is 7.43. The first-order valence-corrected chi connectivity index (χ1v) is 19.6. The highest BCUT2D eigenvalue weighted by Gasteiger charge is 2.53. The van der Waals surface area contributed by atoms with Crippen LogP contribution in [0.15, 0.2) is 31.0 Å². The molecule has 4 aromatic heterocycles. The van der Waals surface area contributed by atoms with E-state index >= 15 is 4.39 Å². The van der Waals surface area contributed by atoms with Crippen molar-refractivity contribution in [1.29, 1.82) is 0 Å². The number of aliphatic hydroxyl groups is 1. The first kappa shape index (κ1) is 34.3. The van der Waals surface area contributed by atoms with Gasteiger partial charge in [-0.3, -0.25) is 18.7 Å². The number of carbonyl (C=O) groups is 2. The number of halogens is 1. The fourth-order valence-corrected chi connectivity index (χ4v) is 9.46. The second kappa shape index (κ2) is 12.5. The van der Waals surface area contributed by atoms with Crippen LogP contribution in [0.1, 0.15) is 36.4 Å². The quantitative estimate of drug-likeness (QED) is 0.198. The number of alkyl halides is 1. The first-order chi connectivity index (χ1) is 24.9. The molecule has 10 atom stereocenters. The van der Waals surface area contributed by atoms with Gasteiger partial charge in [-0.2, -0.15) is 0 Å². The van der Waals surface area contributed by atoms with Crippen LogP contribution in [0.4, 0.5) is 15.9 Å². The van der Waals surface area contributed by atoms with Gasteiger partial charge in [-0.1, -0.05) is 0 Å². The Morgan fingerprint density at radius 2 is 1.40 bits per heavy atom. The molecule has 9 heterocycles. The fraction of sp³-hybridized carbons (Fsp3) is 0.483. The first-order valence-electron chi connectivity index (χ1n) is 16.3. The molecule has 5 aliphatic rings. The van der Waals surface area contributed by atoms with E-state index in [-0.39, 0.29) is 36.1 Å². The number of rotatable bonds is 2. The molecule has 52 heavy (non-hydrogen) atoms. The van der Waals surface area contributed by atoms with Gasteiger partial charge in [-0.05, 0) is 30.0 Å². The largest absolute Gasteiger partial charge is 0.386 e. The summed E-state index contributed by atoms with van der Waals surface area (Å²) in [5.41, 5.74) is 2.58. The van der Waals surface area contributed by atoms with Crippen LogP contribution in [0.3, 0.4) is 0 Å². The molecule has 3 N–H and O–H groups in total. The Balaban J connectivity index is 1.00. The number of hydrogen-bond donors (Lipinski definition) is 3. The van der Waals surface area contributed by atoms with Gasteiger partial charge in [0.2, 0.25) is 26.9 Å². The molecule has 2 amide bonds. The maximum atomic E-state index is 16.4. The number of nitrogens with zero attached hydrogens (tertiary/aromatic N) is 5. The topological polar surface area (TPSA) is 216 Å². The molecule has 23 heteroatoms. The number of amides is 2. The lowest BCUT2D eigenvalue weighted by Gasteiger charge is -2.30. The lowest BCUT2D eigenvalue weighted by Crippen LogP contribution is -2.38. The predicted molar refractivity (Wildman–Crippen MR) is 178 cm³/mol. The number of nitrogens with one attached hydrogen (secondary N) is 2. The molecule has 4 unspecified atom stereocenters. The molecule has 0 aromatic carbocycles. The summed E-state index contributed by atoms with van der Waals surface area (Å²) in [7, 11) is 2.85. The molecule has 3 saturated heterocycles. The van der Waals surface area contributed by atoms with E-state index in [1.54, 1.807) is 23.0 Å². The summed E-state index contributed by atoms with van der Waals surface area (Å²) in [6, 6.07) is 1.66. The van der Waals surface area contributed by atoms with Crippen molar-refractivity contribution in [2.75, 3.05) is 23.8 Å². The number of anilines is 2. The zero-order chi connectivity index (χ0) is 36.1. The third-order valence-electron chi connectivity index (χ3n) is 9.75. The third-order valence-corrected chi connectivity index (χ3v) is 11.8. The molecule has 4 aromatic rings. The van der Waals surface area contributed by atoms with Crippen molar-refractivity contribution in [2.24, 2.45) is 0 Å². The van der Waals surface area contributed by atoms with Crippen molar-refractivity contribution in [1.82, 2.24) is 24.1 Å². The maximum absolute atomic E-state index is 16.4. The van der Waals surface area contributed by atoms with E-state index in [0.29, 0.717) is 40.5 Å². The van der Waals surface area contributed by atoms with E-state index in [4.69, 9.17) is 42.7 Å². The highest BCUT2D eigenvalue weighted by molar-refractivity contribution is 7.79. The van der Waals surface area contributed by atoms with Gasteiger partial charge in [0.15, 0.2) is 18.6 Å². The van der Waals surface area contributed by atoms with Crippen molar-refractivity contribution in [3.63, 3.8) is 0 Å². The minimum Gasteiger partial charge on any atom is -0.386 e. The van der Waals surface area contributed by atoms with Crippen LogP contribution in [-0.2, 0) is 59.1 Å². The summed E-state index contributed by atoms with van der Waals surface area (Å²) in [6.07, 6.45) is -5.08. The molecule has 268 valence electrons. The van der Waals surface area contributed by atoms with E-state index in [2.05, 4.69) is 25.6 Å². The summed E-state index contributed by atoms with van der Waals surface area (Å²) in [4.78, 5) is 37.3. The summed E-state index contributed by atoms with van der Waals surface area (Å²) < 4.78 is 80.9. The molecule has 0 aliphatic carbocycles. The number of aromatic nitrogens is 5. The molecule has 18 nitrogen and oxygen atoms in total. The molecule has 4 radical (unpaired) electrons. The second-order valence-electron chi connectivity index (χ2n) is 13.1. The van der Waals surface area contributed by atoms with Crippen LogP contribution < -0.4 is 10.6 Å². The van der Waals surface area contributed by atoms with Crippen molar-refractivity contribution < 1.29 is 55.8 Å². The van der Waals surface area contributed by atoms with Crippen molar-refractivity contribution in [2.45, 2.75) is 74.8 Å². The van der Waals surface area contributed by atoms with Gasteiger partial charge in [-0.15, -0.1) is 0 Å². The maximum Gasteiger partial charge on any atom is 0.264 e. The SMILES string of the molecule is [B]P1(=O)OC[C@H]2O[C@@H](n3cc4c5c(ncnc53)NC(=O)CC4)C(F)[C@H]2OP([B])(=O)OC[C@H]2O[C@@H](n3cc4c5c(ccnc53)NC(=O)CC4)[C@@H](O)C2O1. The Morgan fingerprint density at radius 1 is 0.808 bits per heavy atom. The molecule has 5 aliphatic heterocycles. The minimum atomic E-state index is -4.60. The molecule has 0 spiro atoms. The Kier molecular flexibility index (Phi) is 8.26. The second-order valence-corrected chi connectivity index (χ2v) is 16.2. The summed E-state index contributed by atoms with van der Waals surface area (Å²) in [5, 5.41) is 18.2. The average molecular weight is 753 g/mol. The molecule has 3 fully saturated rings. The number of ether oxygens (including phenoxy) is 2. The number of pyridine rings is 1. The Bertz CT molecular complexity index is 2090. The molecule has 0 saturated carbocycles. The van der Waals surface area contributed by atoms with E-state index in [0.717, 1.165) is 5.56 Å². The number of aryl methyl sites for hydroxylation is 2. The van der Waals surface area contributed by atoms with Crippen molar-refractivity contribution in [3.05, 3.63) is 42.1 Å². The van der Waals surface area contributed by atoms with Gasteiger partial charge < -0.3 is 52.4 Å². The van der Waals surface area contributed by atoms with Crippen molar-refractivity contribution in [3.8, 4) is 0 Å². The van der Waals surface area contributed by atoms with Gasteiger partial charge in [-0.25, -0.2) is 19.3 Å². The lowest BCUT2D eigenvalue weighted by atomic mass is 10.1. The number of aliphatic hydroxyl groups excluding tert-OH is 1. The van der Waals surface area contributed by atoms with Gasteiger partial charge >= 0.3 is 0 Å². The Labute approximate surface area is 295 Å². The smallest absolute Gasteiger partial charge is 0.264 e. The highest BCUT2D eigenvalue weighted by atomic mass is 31.2. The van der Waals surface area contributed by atoms with Crippen LogP contribution in [0.5, 0.6) is 0 Å². The van der Waals surface area contributed by atoms with Crippen LogP contribution >= 0.6 is 14.9 Å². The van der Waals surface area contributed by atoms with Gasteiger partial charge in [0, 0.05) is 36.8 Å². The standard InChI is InChI=1S/C29H28B2FN7O11P2/c30-51(43)46-10-16-24(22(42)29(48-16)39-7-12-1-3-17(40)36-14-5-6-33-26(39)19(12)14)50-52(31,44)45-9-15-23(49-51)21(32)28(47-15)38-8-13-2-4-18(41)37-25-20(13)27(38)35-11-34-25/h5-8,11,15-16,21-24,28-29,42H,1-4,9-10H2,(H,36,40)(H,34,35,37,41)/t15-,16-,21?,22+,23+,24?,28-,29-,51?,52?/m1/s1. The van der Waals surface area contributed by atoms with Gasteiger partial charge in [0.1, 0.15) is 54.0 Å².